The van der Waals surface area contributed by atoms with E-state index < -0.39 is 11.9 Å². The molecule has 0 heterocycles. The summed E-state index contributed by atoms with van der Waals surface area (Å²) in [6.45, 7) is 0. The lowest BCUT2D eigenvalue weighted by molar-refractivity contribution is 0.236. The molecule has 0 aromatic heterocycles. The average molecular weight is 163 g/mol. The normalized spacial score (nSPS) is 14.4. The Morgan fingerprint density at radius 3 is 2.90 bits per heavy atom. The number of aliphatic hydroxyl groups is 1. The van der Waals surface area contributed by atoms with Crippen LogP contribution in [0.5, 0.6) is 0 Å². The molecule has 0 radical (unpaired) electrons. The summed E-state index contributed by atoms with van der Waals surface area (Å²) in [5.74, 6) is 1.46. The molecular weight excluding hydrogens is 155 g/mol. The number of aliphatic hydroxyl groups excluding tert-OH is 1. The molecule has 0 spiro atoms. The van der Waals surface area contributed by atoms with Gasteiger partial charge in [0, 0.05) is 5.88 Å². The molecule has 0 bridgehead atoms. The Labute approximate surface area is 64.5 Å². The fourth-order valence-corrected chi connectivity index (χ4v) is 0.493. The van der Waals surface area contributed by atoms with Crippen LogP contribution in [0.15, 0.2) is 11.9 Å². The van der Waals surface area contributed by atoms with Gasteiger partial charge < -0.3 is 5.11 Å². The van der Waals surface area contributed by atoms with Gasteiger partial charge in [-0.2, -0.15) is 0 Å². The van der Waals surface area contributed by atoms with E-state index in [4.69, 9.17) is 23.1 Å². The third-order valence-electron chi connectivity index (χ3n) is 0.868. The lowest BCUT2D eigenvalue weighted by Crippen LogP contribution is -2.02. The minimum absolute atomic E-state index is 0.324. The van der Waals surface area contributed by atoms with E-state index in [0.29, 0.717) is 12.3 Å². The number of terminal acetylenes is 1. The maximum absolute atomic E-state index is 12.4. The van der Waals surface area contributed by atoms with Crippen molar-refractivity contribution in [2.45, 2.75) is 12.5 Å². The molecule has 0 aromatic carbocycles. The van der Waals surface area contributed by atoms with E-state index in [0.717, 1.165) is 0 Å². The summed E-state index contributed by atoms with van der Waals surface area (Å²) in [6.07, 6.45) is 4.88. The number of rotatable bonds is 3. The Morgan fingerprint density at radius 2 is 2.50 bits per heavy atom. The van der Waals surface area contributed by atoms with Gasteiger partial charge in [-0.1, -0.05) is 5.92 Å². The van der Waals surface area contributed by atoms with Crippen LogP contribution >= 0.6 is 11.6 Å². The Bertz CT molecular complexity index is 159. The molecule has 0 saturated carbocycles. The zero-order valence-corrected chi connectivity index (χ0v) is 6.11. The van der Waals surface area contributed by atoms with Crippen molar-refractivity contribution in [3.8, 4) is 12.3 Å². The molecule has 0 rings (SSSR count). The first-order chi connectivity index (χ1) is 4.72. The summed E-state index contributed by atoms with van der Waals surface area (Å²) in [7, 11) is 0. The van der Waals surface area contributed by atoms with Crippen LogP contribution < -0.4 is 0 Å². The summed E-state index contributed by atoms with van der Waals surface area (Å²) >= 11 is 5.25. The topological polar surface area (TPSA) is 20.2 Å². The van der Waals surface area contributed by atoms with Crippen LogP contribution in [-0.4, -0.2) is 17.1 Å². The van der Waals surface area contributed by atoms with Gasteiger partial charge in [0.1, 0.15) is 5.83 Å². The van der Waals surface area contributed by atoms with Gasteiger partial charge in [0.2, 0.25) is 0 Å². The molecule has 0 aliphatic carbocycles. The number of allylic oxidation sites excluding steroid dienone is 1. The zero-order valence-electron chi connectivity index (χ0n) is 5.35. The third-order valence-corrected chi connectivity index (χ3v) is 1.09. The third kappa shape index (κ3) is 3.49. The lowest BCUT2D eigenvalue weighted by Gasteiger charge is -1.96. The second-order valence-corrected chi connectivity index (χ2v) is 2.01. The molecular formula is C7H8ClFO. The summed E-state index contributed by atoms with van der Waals surface area (Å²) in [5.41, 5.74) is 0. The highest BCUT2D eigenvalue weighted by Crippen LogP contribution is 2.04. The molecule has 0 aromatic rings. The maximum Gasteiger partial charge on any atom is 0.165 e. The minimum Gasteiger partial charge on any atom is -0.374 e. The van der Waals surface area contributed by atoms with Crippen molar-refractivity contribution in [2.75, 3.05) is 5.88 Å². The van der Waals surface area contributed by atoms with Crippen molar-refractivity contribution in [2.24, 2.45) is 0 Å². The van der Waals surface area contributed by atoms with E-state index >= 15 is 0 Å². The largest absolute Gasteiger partial charge is 0.374 e. The summed E-state index contributed by atoms with van der Waals surface area (Å²) < 4.78 is 12.4. The highest BCUT2D eigenvalue weighted by molar-refractivity contribution is 6.17. The molecule has 0 saturated heterocycles. The van der Waals surface area contributed by atoms with Gasteiger partial charge in [0.05, 0.1) is 0 Å². The molecule has 0 aliphatic heterocycles. The zero-order chi connectivity index (χ0) is 7.98. The van der Waals surface area contributed by atoms with Crippen LogP contribution in [0.25, 0.3) is 0 Å². The fourth-order valence-electron chi connectivity index (χ4n) is 0.384. The van der Waals surface area contributed by atoms with Gasteiger partial charge in [0.15, 0.2) is 6.10 Å². The Kier molecular flexibility index (Phi) is 5.00. The molecule has 1 nitrogen and oxygen atoms in total. The molecule has 0 aliphatic rings. The molecule has 56 valence electrons. The standard InChI is InChI=1S/C7H8ClFO/c1-2-7(10)6(9)4-3-5-8/h1,4,7,10H,3,5H2. The van der Waals surface area contributed by atoms with E-state index in [1.807, 2.05) is 5.92 Å². The first kappa shape index (κ1) is 9.48. The summed E-state index contributed by atoms with van der Waals surface area (Å²) in [6, 6.07) is 0. The van der Waals surface area contributed by atoms with E-state index in [1.165, 1.54) is 6.08 Å². The van der Waals surface area contributed by atoms with Gasteiger partial charge >= 0.3 is 0 Å². The van der Waals surface area contributed by atoms with Crippen LogP contribution in [0.2, 0.25) is 0 Å². The second kappa shape index (κ2) is 5.28. The SMILES string of the molecule is C#CC(O)C(F)=CCCCl. The molecule has 1 N–H and O–H groups in total. The number of hydrogen-bond donors (Lipinski definition) is 1. The van der Waals surface area contributed by atoms with Crippen molar-refractivity contribution in [3.05, 3.63) is 11.9 Å². The highest BCUT2D eigenvalue weighted by Gasteiger charge is 2.03. The van der Waals surface area contributed by atoms with E-state index in [9.17, 15) is 4.39 Å². The minimum atomic E-state index is -1.41. The average Bonchev–Trinajstić information content (AvgIpc) is 1.98. The quantitative estimate of drug-likeness (QED) is 0.492. The van der Waals surface area contributed by atoms with Crippen molar-refractivity contribution in [1.82, 2.24) is 0 Å². The van der Waals surface area contributed by atoms with Crippen molar-refractivity contribution in [3.63, 3.8) is 0 Å². The molecule has 3 heteroatoms. The van der Waals surface area contributed by atoms with E-state index in [2.05, 4.69) is 0 Å². The predicted molar refractivity (Wildman–Crippen MR) is 39.4 cm³/mol. The molecule has 0 fully saturated rings. The fraction of sp³-hybridized carbons (Fsp3) is 0.429. The van der Waals surface area contributed by atoms with Gasteiger partial charge in [-0.25, -0.2) is 4.39 Å². The van der Waals surface area contributed by atoms with Crippen LogP contribution in [0.4, 0.5) is 4.39 Å². The molecule has 10 heavy (non-hydrogen) atoms. The van der Waals surface area contributed by atoms with E-state index in [-0.39, 0.29) is 0 Å². The van der Waals surface area contributed by atoms with Crippen molar-refractivity contribution < 1.29 is 9.50 Å². The first-order valence-electron chi connectivity index (χ1n) is 2.78. The Hall–Kier alpha value is -0.520. The van der Waals surface area contributed by atoms with Crippen molar-refractivity contribution >= 4 is 11.6 Å². The smallest absolute Gasteiger partial charge is 0.165 e. The van der Waals surface area contributed by atoms with E-state index in [1.54, 1.807) is 0 Å². The first-order valence-corrected chi connectivity index (χ1v) is 3.31. The van der Waals surface area contributed by atoms with Crippen molar-refractivity contribution in [1.29, 1.82) is 0 Å². The second-order valence-electron chi connectivity index (χ2n) is 1.64. The van der Waals surface area contributed by atoms with Gasteiger partial charge in [0.25, 0.3) is 0 Å². The maximum atomic E-state index is 12.4. The van der Waals surface area contributed by atoms with Gasteiger partial charge in [-0.05, 0) is 12.5 Å². The summed E-state index contributed by atoms with van der Waals surface area (Å²) in [4.78, 5) is 0. The highest BCUT2D eigenvalue weighted by atomic mass is 35.5. The Balaban J connectivity index is 3.82. The molecule has 1 unspecified atom stereocenters. The van der Waals surface area contributed by atoms with Crippen LogP contribution in [0.3, 0.4) is 0 Å². The number of alkyl halides is 1. The number of hydrogen-bond acceptors (Lipinski definition) is 1. The molecule has 0 amide bonds. The Morgan fingerprint density at radius 1 is 1.90 bits per heavy atom. The van der Waals surface area contributed by atoms with Gasteiger partial charge in [-0.15, -0.1) is 18.0 Å². The van der Waals surface area contributed by atoms with Crippen LogP contribution in [0, 0.1) is 12.3 Å². The predicted octanol–water partition coefficient (Wildman–Crippen LogP) is 1.46. The number of halogens is 2. The monoisotopic (exact) mass is 162 g/mol. The lowest BCUT2D eigenvalue weighted by atomic mass is 10.3. The van der Waals surface area contributed by atoms with Crippen LogP contribution in [-0.2, 0) is 0 Å². The van der Waals surface area contributed by atoms with Crippen LogP contribution in [0.1, 0.15) is 6.42 Å². The molecule has 1 atom stereocenters. The summed E-state index contributed by atoms with van der Waals surface area (Å²) in [5, 5.41) is 8.63. The van der Waals surface area contributed by atoms with Gasteiger partial charge in [-0.3, -0.25) is 0 Å².